The van der Waals surface area contributed by atoms with Crippen LogP contribution in [0.2, 0.25) is 0 Å². The molecule has 29 heavy (non-hydrogen) atoms. The average molecular weight is 383 g/mol. The third-order valence-electron chi connectivity index (χ3n) is 5.30. The highest BCUT2D eigenvalue weighted by Gasteiger charge is 2.18. The molecule has 0 fully saturated rings. The highest BCUT2D eigenvalue weighted by molar-refractivity contribution is 5.87. The summed E-state index contributed by atoms with van der Waals surface area (Å²) in [5.74, 6) is 0. The number of fused-ring (bicyclic) bond motifs is 1. The number of rotatable bonds is 5. The first-order chi connectivity index (χ1) is 14.2. The van der Waals surface area contributed by atoms with Crippen LogP contribution in [-0.4, -0.2) is 24.3 Å². The molecule has 3 aromatic heterocycles. The van der Waals surface area contributed by atoms with Gasteiger partial charge in [0.1, 0.15) is 0 Å². The zero-order valence-corrected chi connectivity index (χ0v) is 16.4. The molecule has 144 valence electrons. The summed E-state index contributed by atoms with van der Waals surface area (Å²) < 4.78 is 9.73. The van der Waals surface area contributed by atoms with Gasteiger partial charge in [0.2, 0.25) is 0 Å². The van der Waals surface area contributed by atoms with Crippen LogP contribution in [0.3, 0.4) is 0 Å². The van der Waals surface area contributed by atoms with Gasteiger partial charge in [-0.2, -0.15) is 0 Å². The molecule has 1 atom stereocenters. The summed E-state index contributed by atoms with van der Waals surface area (Å²) in [6, 6.07) is 16.7. The van der Waals surface area contributed by atoms with Gasteiger partial charge in [0.05, 0.1) is 29.7 Å². The van der Waals surface area contributed by atoms with Crippen molar-refractivity contribution >= 4 is 11.0 Å². The van der Waals surface area contributed by atoms with Gasteiger partial charge in [-0.3, -0.25) is 0 Å². The number of hydrogen-bond donors (Lipinski definition) is 0. The predicted octanol–water partition coefficient (Wildman–Crippen LogP) is 5.12. The fourth-order valence-electron chi connectivity index (χ4n) is 3.75. The topological polar surface area (TPSA) is 61.7 Å². The van der Waals surface area contributed by atoms with E-state index in [-0.39, 0.29) is 6.04 Å². The van der Waals surface area contributed by atoms with Crippen LogP contribution in [0.4, 0.5) is 0 Å². The van der Waals surface area contributed by atoms with Crippen LogP contribution in [0.25, 0.3) is 33.5 Å². The van der Waals surface area contributed by atoms with Gasteiger partial charge in [0.25, 0.3) is 0 Å². The lowest BCUT2D eigenvalue weighted by Crippen LogP contribution is -2.12. The lowest BCUT2D eigenvalue weighted by atomic mass is 10.0. The van der Waals surface area contributed by atoms with Gasteiger partial charge in [-0.25, -0.2) is 9.97 Å². The fraction of sp³-hybridized carbons (Fsp3) is 0.174. The zero-order valence-electron chi connectivity index (χ0n) is 16.4. The highest BCUT2D eigenvalue weighted by Crippen LogP contribution is 2.34. The van der Waals surface area contributed by atoms with Crippen molar-refractivity contribution in [3.8, 4) is 22.5 Å². The Hall–Kier alpha value is -3.67. The Labute approximate surface area is 168 Å². The first-order valence-electron chi connectivity index (χ1n) is 9.65. The van der Waals surface area contributed by atoms with Crippen LogP contribution in [0.15, 0.2) is 78.1 Å². The molecular weight excluding hydrogens is 362 g/mol. The van der Waals surface area contributed by atoms with Crippen LogP contribution in [0.1, 0.15) is 18.7 Å². The minimum absolute atomic E-state index is 0.245. The Bertz CT molecular complexity index is 1250. The first kappa shape index (κ1) is 17.4. The molecular formula is C23H21N5O. The first-order valence-corrected chi connectivity index (χ1v) is 9.65. The molecule has 0 radical (unpaired) electrons. The molecule has 5 aromatic rings. The predicted molar refractivity (Wildman–Crippen MR) is 112 cm³/mol. The van der Waals surface area contributed by atoms with E-state index in [1.54, 1.807) is 0 Å². The van der Waals surface area contributed by atoms with E-state index in [4.69, 9.17) is 9.51 Å². The van der Waals surface area contributed by atoms with Crippen molar-refractivity contribution in [2.24, 2.45) is 0 Å². The summed E-state index contributed by atoms with van der Waals surface area (Å²) in [5, 5.41) is 5.12. The van der Waals surface area contributed by atoms with Crippen molar-refractivity contribution in [3.63, 3.8) is 0 Å². The minimum Gasteiger partial charge on any atom is -0.356 e. The normalized spacial score (nSPS) is 12.5. The molecule has 1 unspecified atom stereocenters. The molecule has 0 aliphatic rings. The second-order valence-electron chi connectivity index (χ2n) is 7.30. The maximum absolute atomic E-state index is 5.40. The summed E-state index contributed by atoms with van der Waals surface area (Å²) in [6.07, 6.45) is 7.58. The lowest BCUT2D eigenvalue weighted by molar-refractivity contribution is 0.450. The Morgan fingerprint density at radius 3 is 2.69 bits per heavy atom. The number of imidazole rings is 2. The third-order valence-corrected chi connectivity index (χ3v) is 5.30. The second kappa shape index (κ2) is 7.05. The van der Waals surface area contributed by atoms with Crippen molar-refractivity contribution in [3.05, 3.63) is 79.3 Å². The van der Waals surface area contributed by atoms with E-state index in [0.717, 1.165) is 45.7 Å². The summed E-state index contributed by atoms with van der Waals surface area (Å²) in [7, 11) is 0. The molecule has 0 N–H and O–H groups in total. The molecule has 0 aliphatic heterocycles. The van der Waals surface area contributed by atoms with E-state index in [1.807, 2.05) is 56.2 Å². The summed E-state index contributed by atoms with van der Waals surface area (Å²) in [6.45, 7) is 4.93. The number of aryl methyl sites for hydroxylation is 1. The summed E-state index contributed by atoms with van der Waals surface area (Å²) in [4.78, 5) is 8.96. The number of nitrogens with zero attached hydrogens (tertiary/aromatic N) is 5. The zero-order chi connectivity index (χ0) is 19.8. The number of aromatic nitrogens is 5. The second-order valence-corrected chi connectivity index (χ2v) is 7.30. The largest absolute Gasteiger partial charge is 0.356 e. The van der Waals surface area contributed by atoms with Crippen molar-refractivity contribution in [2.45, 2.75) is 26.4 Å². The molecule has 6 heteroatoms. The fourth-order valence-corrected chi connectivity index (χ4v) is 3.75. The molecule has 0 aliphatic carbocycles. The molecule has 2 aromatic carbocycles. The average Bonchev–Trinajstić information content (AvgIpc) is 3.49. The van der Waals surface area contributed by atoms with E-state index < -0.39 is 0 Å². The van der Waals surface area contributed by atoms with Gasteiger partial charge >= 0.3 is 0 Å². The quantitative estimate of drug-likeness (QED) is 0.422. The van der Waals surface area contributed by atoms with Crippen LogP contribution in [0.5, 0.6) is 0 Å². The van der Waals surface area contributed by atoms with Gasteiger partial charge in [-0.05, 0) is 32.0 Å². The van der Waals surface area contributed by atoms with Crippen molar-refractivity contribution < 1.29 is 4.52 Å². The van der Waals surface area contributed by atoms with Gasteiger partial charge in [0, 0.05) is 41.5 Å². The van der Waals surface area contributed by atoms with Crippen LogP contribution >= 0.6 is 0 Å². The Morgan fingerprint density at radius 2 is 1.90 bits per heavy atom. The highest BCUT2D eigenvalue weighted by atomic mass is 16.5. The maximum Gasteiger partial charge on any atom is 0.167 e. The van der Waals surface area contributed by atoms with Gasteiger partial charge < -0.3 is 13.7 Å². The monoisotopic (exact) mass is 383 g/mol. The number of hydrogen-bond acceptors (Lipinski definition) is 4. The molecule has 0 saturated heterocycles. The molecule has 6 nitrogen and oxygen atoms in total. The maximum atomic E-state index is 5.40. The summed E-state index contributed by atoms with van der Waals surface area (Å²) in [5.41, 5.74) is 5.94. The SMILES string of the molecule is Cc1noc2ccc(-c3c(-c4ccccc4)ncn3CC(C)n3ccnc3)cc12. The summed E-state index contributed by atoms with van der Waals surface area (Å²) >= 11 is 0. The standard InChI is InChI=1S/C23H21N5O/c1-16(27-11-10-24-14-27)13-28-15-25-22(18-6-4-3-5-7-18)23(28)19-8-9-21-20(12-19)17(2)26-29-21/h3-12,14-16H,13H2,1-2H3. The molecule has 3 heterocycles. The van der Waals surface area contributed by atoms with E-state index in [2.05, 4.69) is 50.5 Å². The van der Waals surface area contributed by atoms with Crippen LogP contribution in [-0.2, 0) is 6.54 Å². The van der Waals surface area contributed by atoms with E-state index >= 15 is 0 Å². The minimum atomic E-state index is 0.245. The van der Waals surface area contributed by atoms with Crippen molar-refractivity contribution in [1.29, 1.82) is 0 Å². The van der Waals surface area contributed by atoms with Crippen LogP contribution < -0.4 is 0 Å². The molecule has 0 bridgehead atoms. The van der Waals surface area contributed by atoms with Crippen LogP contribution in [0, 0.1) is 6.92 Å². The molecule has 0 spiro atoms. The third kappa shape index (κ3) is 3.12. The Morgan fingerprint density at radius 1 is 1.03 bits per heavy atom. The van der Waals surface area contributed by atoms with E-state index in [9.17, 15) is 0 Å². The Balaban J connectivity index is 1.65. The smallest absolute Gasteiger partial charge is 0.167 e. The van der Waals surface area contributed by atoms with Crippen molar-refractivity contribution in [1.82, 2.24) is 24.3 Å². The Kier molecular flexibility index (Phi) is 4.24. The lowest BCUT2D eigenvalue weighted by Gasteiger charge is -2.17. The molecule has 5 rings (SSSR count). The van der Waals surface area contributed by atoms with Gasteiger partial charge in [-0.1, -0.05) is 35.5 Å². The molecule has 0 amide bonds. The van der Waals surface area contributed by atoms with Crippen molar-refractivity contribution in [2.75, 3.05) is 0 Å². The van der Waals surface area contributed by atoms with Gasteiger partial charge in [0.15, 0.2) is 5.58 Å². The van der Waals surface area contributed by atoms with E-state index in [0.29, 0.717) is 0 Å². The van der Waals surface area contributed by atoms with E-state index in [1.165, 1.54) is 0 Å². The molecule has 0 saturated carbocycles. The number of benzene rings is 2. The van der Waals surface area contributed by atoms with Gasteiger partial charge in [-0.15, -0.1) is 0 Å².